The quantitative estimate of drug-likeness (QED) is 0.159. The van der Waals surface area contributed by atoms with Gasteiger partial charge < -0.3 is 9.32 Å². The van der Waals surface area contributed by atoms with Gasteiger partial charge in [0.25, 0.3) is 0 Å². The Hall–Kier alpha value is -7.98. The number of hydrogen-bond acceptors (Lipinski definition) is 3. The first-order valence-electron chi connectivity index (χ1n) is 21.9. The van der Waals surface area contributed by atoms with Crippen LogP contribution in [0.15, 0.2) is 241 Å². The van der Waals surface area contributed by atoms with E-state index in [1.165, 1.54) is 70.2 Å². The van der Waals surface area contributed by atoms with Crippen molar-refractivity contribution in [3.8, 4) is 33.4 Å². The van der Waals surface area contributed by atoms with Crippen LogP contribution in [0.5, 0.6) is 0 Å². The number of para-hydroxylation sites is 1. The van der Waals surface area contributed by atoms with E-state index in [4.69, 9.17) is 4.42 Å². The van der Waals surface area contributed by atoms with E-state index < -0.39 is 5.41 Å². The summed E-state index contributed by atoms with van der Waals surface area (Å²) in [6.45, 7) is 0. The Balaban J connectivity index is 1.03. The zero-order valence-electron chi connectivity index (χ0n) is 34.8. The molecule has 1 aliphatic carbocycles. The normalized spacial score (nSPS) is 12.8. The van der Waals surface area contributed by atoms with Crippen LogP contribution in [0.2, 0.25) is 0 Å². The number of benzene rings is 10. The van der Waals surface area contributed by atoms with E-state index >= 15 is 0 Å². The highest BCUT2D eigenvalue weighted by molar-refractivity contribution is 7.26. The zero-order chi connectivity index (χ0) is 42.2. The number of hydrogen-bond donors (Lipinski definition) is 0. The molecule has 1 aliphatic rings. The summed E-state index contributed by atoms with van der Waals surface area (Å²) in [5.74, 6) is 0. The van der Waals surface area contributed by atoms with Gasteiger partial charge in [-0.05, 0) is 92.5 Å². The Kier molecular flexibility index (Phi) is 8.34. The molecular weight excluding hydrogens is 795 g/mol. The molecule has 0 radical (unpaired) electrons. The molecule has 12 aromatic rings. The van der Waals surface area contributed by atoms with Crippen LogP contribution in [0.4, 0.5) is 17.1 Å². The number of thiophene rings is 1. The average Bonchev–Trinajstić information content (AvgIpc) is 4.04. The molecule has 0 saturated carbocycles. The van der Waals surface area contributed by atoms with Crippen LogP contribution < -0.4 is 4.90 Å². The number of fused-ring (bicyclic) bond motifs is 9. The highest BCUT2D eigenvalue weighted by Crippen LogP contribution is 2.58. The van der Waals surface area contributed by atoms with Gasteiger partial charge >= 0.3 is 0 Å². The molecule has 13 rings (SSSR count). The van der Waals surface area contributed by atoms with E-state index in [2.05, 4.69) is 241 Å². The molecule has 0 fully saturated rings. The number of anilines is 3. The Bertz CT molecular complexity index is 3670. The Labute approximate surface area is 375 Å². The third kappa shape index (κ3) is 5.44. The lowest BCUT2D eigenvalue weighted by Gasteiger charge is -2.33. The van der Waals surface area contributed by atoms with E-state index in [1.54, 1.807) is 0 Å². The molecular formula is C61H39NOS. The summed E-state index contributed by atoms with van der Waals surface area (Å²) in [4.78, 5) is 2.40. The van der Waals surface area contributed by atoms with Crippen LogP contribution in [-0.4, -0.2) is 0 Å². The second kappa shape index (κ2) is 14.6. The standard InChI is InChI=1S/C61H39NOS/c1-3-16-40(17-4-1)41-32-36-44(37-33-41)62(45-38-34-42(35-39-45)46-23-13-24-50-49-22-9-12-31-57(49)64-60(46)50)55-29-15-30-56-58(55)51-25-14-28-54(59(51)63-56)61(43-18-5-2-6-19-43)52-26-10-7-20-47(52)48-21-8-11-27-53(48)61/h1-39H. The summed E-state index contributed by atoms with van der Waals surface area (Å²) in [7, 11) is 0. The van der Waals surface area contributed by atoms with Gasteiger partial charge in [0.15, 0.2) is 0 Å². The maximum atomic E-state index is 7.23. The first-order chi connectivity index (χ1) is 31.8. The molecule has 0 amide bonds. The molecule has 2 heterocycles. The smallest absolute Gasteiger partial charge is 0.140 e. The summed E-state index contributed by atoms with van der Waals surface area (Å²) >= 11 is 1.87. The second-order valence-corrected chi connectivity index (χ2v) is 17.8. The number of nitrogens with zero attached hydrogens (tertiary/aromatic N) is 1. The lowest BCUT2D eigenvalue weighted by molar-refractivity contribution is 0.648. The fourth-order valence-corrected chi connectivity index (χ4v) is 11.9. The Morgan fingerprint density at radius 2 is 0.906 bits per heavy atom. The summed E-state index contributed by atoms with van der Waals surface area (Å²) in [6.07, 6.45) is 0. The van der Waals surface area contributed by atoms with E-state index in [1.807, 2.05) is 11.3 Å². The van der Waals surface area contributed by atoms with Crippen LogP contribution in [0.1, 0.15) is 22.3 Å². The van der Waals surface area contributed by atoms with Crippen molar-refractivity contribution in [1.82, 2.24) is 0 Å². The lowest BCUT2D eigenvalue weighted by atomic mass is 9.67. The van der Waals surface area contributed by atoms with Gasteiger partial charge in [0.1, 0.15) is 11.2 Å². The van der Waals surface area contributed by atoms with Gasteiger partial charge in [-0.3, -0.25) is 0 Å². The monoisotopic (exact) mass is 833 g/mol. The minimum atomic E-state index is -0.595. The van der Waals surface area contributed by atoms with Gasteiger partial charge in [-0.2, -0.15) is 0 Å². The van der Waals surface area contributed by atoms with Crippen molar-refractivity contribution in [1.29, 1.82) is 0 Å². The van der Waals surface area contributed by atoms with Gasteiger partial charge in [0.05, 0.1) is 16.5 Å². The van der Waals surface area contributed by atoms with E-state index in [0.717, 1.165) is 44.6 Å². The Morgan fingerprint density at radius 3 is 1.64 bits per heavy atom. The van der Waals surface area contributed by atoms with Crippen molar-refractivity contribution >= 4 is 70.5 Å². The van der Waals surface area contributed by atoms with E-state index in [-0.39, 0.29) is 0 Å². The first-order valence-corrected chi connectivity index (χ1v) is 22.7. The fraction of sp³-hybridized carbons (Fsp3) is 0.0164. The minimum absolute atomic E-state index is 0.595. The minimum Gasteiger partial charge on any atom is -0.456 e. The van der Waals surface area contributed by atoms with Gasteiger partial charge in [0.2, 0.25) is 0 Å². The van der Waals surface area contributed by atoms with E-state index in [0.29, 0.717) is 0 Å². The van der Waals surface area contributed by atoms with Gasteiger partial charge in [0, 0.05) is 42.5 Å². The third-order valence-corrected chi connectivity index (χ3v) is 14.6. The van der Waals surface area contributed by atoms with Crippen molar-refractivity contribution in [2.75, 3.05) is 4.90 Å². The summed E-state index contributed by atoms with van der Waals surface area (Å²) in [5, 5.41) is 4.78. The molecule has 300 valence electrons. The summed E-state index contributed by atoms with van der Waals surface area (Å²) in [6, 6.07) is 86.1. The van der Waals surface area contributed by atoms with Gasteiger partial charge in [-0.25, -0.2) is 0 Å². The largest absolute Gasteiger partial charge is 0.456 e. The van der Waals surface area contributed by atoms with Gasteiger partial charge in [-0.1, -0.05) is 194 Å². The zero-order valence-corrected chi connectivity index (χ0v) is 35.6. The number of furan rings is 1. The van der Waals surface area contributed by atoms with E-state index in [9.17, 15) is 0 Å². The summed E-state index contributed by atoms with van der Waals surface area (Å²) in [5.41, 5.74) is 16.5. The maximum Gasteiger partial charge on any atom is 0.140 e. The van der Waals surface area contributed by atoms with Crippen molar-refractivity contribution in [3.05, 3.63) is 259 Å². The van der Waals surface area contributed by atoms with Crippen molar-refractivity contribution in [2.45, 2.75) is 5.41 Å². The molecule has 0 saturated heterocycles. The lowest BCUT2D eigenvalue weighted by Crippen LogP contribution is -2.28. The predicted octanol–water partition coefficient (Wildman–Crippen LogP) is 17.1. The predicted molar refractivity (Wildman–Crippen MR) is 269 cm³/mol. The topological polar surface area (TPSA) is 16.4 Å². The van der Waals surface area contributed by atoms with Gasteiger partial charge in [-0.15, -0.1) is 11.3 Å². The summed E-state index contributed by atoms with van der Waals surface area (Å²) < 4.78 is 9.86. The van der Waals surface area contributed by atoms with Crippen molar-refractivity contribution in [3.63, 3.8) is 0 Å². The molecule has 0 unspecified atom stereocenters. The molecule has 2 aromatic heterocycles. The van der Waals surface area contributed by atoms with Crippen molar-refractivity contribution in [2.24, 2.45) is 0 Å². The molecule has 0 bridgehead atoms. The molecule has 0 N–H and O–H groups in total. The molecule has 0 spiro atoms. The SMILES string of the molecule is c1ccc(-c2ccc(N(c3ccc(-c4cccc5c4sc4ccccc45)cc3)c3cccc4oc5c(C6(c7ccccc7)c7ccccc7-c7ccccc76)cccc5c34)cc2)cc1. The van der Waals surface area contributed by atoms with Crippen LogP contribution in [0.25, 0.3) is 75.5 Å². The van der Waals surface area contributed by atoms with Crippen molar-refractivity contribution < 1.29 is 4.42 Å². The van der Waals surface area contributed by atoms with Crippen LogP contribution >= 0.6 is 11.3 Å². The fourth-order valence-electron chi connectivity index (χ4n) is 10.6. The number of rotatable bonds is 7. The molecule has 0 atom stereocenters. The van der Waals surface area contributed by atoms with Crippen LogP contribution in [0, 0.1) is 0 Å². The molecule has 3 heteroatoms. The Morgan fingerprint density at radius 1 is 0.375 bits per heavy atom. The first kappa shape index (κ1) is 36.7. The van der Waals surface area contributed by atoms with Crippen LogP contribution in [-0.2, 0) is 5.41 Å². The highest BCUT2D eigenvalue weighted by Gasteiger charge is 2.47. The molecule has 64 heavy (non-hydrogen) atoms. The molecule has 2 nitrogen and oxygen atoms in total. The third-order valence-electron chi connectivity index (χ3n) is 13.4. The van der Waals surface area contributed by atoms with Crippen LogP contribution in [0.3, 0.4) is 0 Å². The maximum absolute atomic E-state index is 7.23. The average molecular weight is 834 g/mol. The highest BCUT2D eigenvalue weighted by atomic mass is 32.1. The molecule has 10 aromatic carbocycles. The molecule has 0 aliphatic heterocycles. The second-order valence-electron chi connectivity index (χ2n) is 16.7.